The third kappa shape index (κ3) is 3.69. The van der Waals surface area contributed by atoms with Gasteiger partial charge in [-0.25, -0.2) is 0 Å². The Morgan fingerprint density at radius 2 is 2.04 bits per heavy atom. The number of alkyl halides is 3. The summed E-state index contributed by atoms with van der Waals surface area (Å²) in [6.45, 7) is 5.18. The maximum absolute atomic E-state index is 12.9. The van der Waals surface area contributed by atoms with Gasteiger partial charge in [-0.15, -0.1) is 5.10 Å². The molecule has 0 bridgehead atoms. The molecule has 7 heteroatoms. The zero-order valence-electron chi connectivity index (χ0n) is 16.2. The van der Waals surface area contributed by atoms with Gasteiger partial charge in [-0.3, -0.25) is 0 Å². The monoisotopic (exact) mass is 392 g/mol. The number of unbranched alkanes of at least 4 members (excludes halogenated alkanes) is 1. The van der Waals surface area contributed by atoms with Gasteiger partial charge >= 0.3 is 6.18 Å². The second-order valence-electron chi connectivity index (χ2n) is 8.28. The smallest absolute Gasteiger partial charge is 0.350 e. The average molecular weight is 392 g/mol. The minimum atomic E-state index is -4.21. The van der Waals surface area contributed by atoms with E-state index in [2.05, 4.69) is 27.3 Å². The molecule has 4 rings (SSSR count). The Labute approximate surface area is 163 Å². The van der Waals surface area contributed by atoms with E-state index < -0.39 is 12.6 Å². The van der Waals surface area contributed by atoms with Gasteiger partial charge in [0.05, 0.1) is 12.6 Å². The summed E-state index contributed by atoms with van der Waals surface area (Å²) in [6, 6.07) is 5.31. The van der Waals surface area contributed by atoms with E-state index in [1.807, 2.05) is 0 Å². The summed E-state index contributed by atoms with van der Waals surface area (Å²) in [7, 11) is 0. The molecule has 0 radical (unpaired) electrons. The predicted molar refractivity (Wildman–Crippen MR) is 104 cm³/mol. The molecular formula is C21H27F3N4. The van der Waals surface area contributed by atoms with Gasteiger partial charge in [0.25, 0.3) is 0 Å². The zero-order valence-corrected chi connectivity index (χ0v) is 16.2. The van der Waals surface area contributed by atoms with Crippen molar-refractivity contribution in [1.82, 2.24) is 15.5 Å². The SMILES string of the molecule is CCCCC1N(c2nncc3ccc(CC(F)(F)F)cc23)CC12CCNCC2. The first kappa shape index (κ1) is 19.4. The summed E-state index contributed by atoms with van der Waals surface area (Å²) in [6.07, 6.45) is 2.18. The van der Waals surface area contributed by atoms with Crippen molar-refractivity contribution < 1.29 is 13.2 Å². The van der Waals surface area contributed by atoms with Crippen molar-refractivity contribution in [3.05, 3.63) is 30.0 Å². The van der Waals surface area contributed by atoms with Crippen molar-refractivity contribution in [2.24, 2.45) is 5.41 Å². The van der Waals surface area contributed by atoms with Gasteiger partial charge in [0, 0.05) is 28.8 Å². The number of halogens is 3. The fourth-order valence-electron chi connectivity index (χ4n) is 4.93. The number of benzene rings is 1. The van der Waals surface area contributed by atoms with Crippen molar-refractivity contribution in [3.8, 4) is 0 Å². The van der Waals surface area contributed by atoms with Crippen LogP contribution >= 0.6 is 0 Å². The lowest BCUT2D eigenvalue weighted by molar-refractivity contribution is -0.127. The molecule has 1 atom stereocenters. The summed E-state index contributed by atoms with van der Waals surface area (Å²) in [4.78, 5) is 2.30. The van der Waals surface area contributed by atoms with E-state index in [1.54, 1.807) is 24.4 Å². The third-order valence-electron chi connectivity index (χ3n) is 6.38. The third-order valence-corrected chi connectivity index (χ3v) is 6.38. The number of anilines is 1. The van der Waals surface area contributed by atoms with E-state index in [4.69, 9.17) is 0 Å². The van der Waals surface area contributed by atoms with E-state index in [9.17, 15) is 13.2 Å². The number of hydrogen-bond donors (Lipinski definition) is 1. The van der Waals surface area contributed by atoms with Crippen molar-refractivity contribution in [3.63, 3.8) is 0 Å². The summed E-state index contributed by atoms with van der Waals surface area (Å²) < 4.78 is 38.6. The van der Waals surface area contributed by atoms with Crippen LogP contribution in [0.25, 0.3) is 10.8 Å². The second kappa shape index (κ2) is 7.50. The Balaban J connectivity index is 1.68. The molecule has 0 amide bonds. The summed E-state index contributed by atoms with van der Waals surface area (Å²) in [5.74, 6) is 0.742. The van der Waals surface area contributed by atoms with Crippen LogP contribution in [0.3, 0.4) is 0 Å². The lowest BCUT2D eigenvalue weighted by Crippen LogP contribution is -2.67. The van der Waals surface area contributed by atoms with Gasteiger partial charge in [-0.05, 0) is 44.0 Å². The minimum Gasteiger partial charge on any atom is -0.350 e. The highest BCUT2D eigenvalue weighted by Gasteiger charge is 2.52. The van der Waals surface area contributed by atoms with Gasteiger partial charge in [0.1, 0.15) is 0 Å². The van der Waals surface area contributed by atoms with Crippen LogP contribution < -0.4 is 10.2 Å². The molecule has 2 saturated heterocycles. The molecule has 152 valence electrons. The highest BCUT2D eigenvalue weighted by atomic mass is 19.4. The highest BCUT2D eigenvalue weighted by molar-refractivity contribution is 5.92. The summed E-state index contributed by atoms with van der Waals surface area (Å²) >= 11 is 0. The molecule has 0 aliphatic carbocycles. The van der Waals surface area contributed by atoms with E-state index in [1.165, 1.54) is 0 Å². The van der Waals surface area contributed by atoms with E-state index in [0.29, 0.717) is 11.5 Å². The number of nitrogens with zero attached hydrogens (tertiary/aromatic N) is 3. The molecule has 3 heterocycles. The normalized spacial score (nSPS) is 21.9. The lowest BCUT2D eigenvalue weighted by atomic mass is 9.64. The molecule has 2 aromatic rings. The lowest BCUT2D eigenvalue weighted by Gasteiger charge is -2.60. The molecule has 28 heavy (non-hydrogen) atoms. The number of hydrogen-bond acceptors (Lipinski definition) is 4. The van der Waals surface area contributed by atoms with Crippen LogP contribution in [0.2, 0.25) is 0 Å². The Morgan fingerprint density at radius 3 is 2.75 bits per heavy atom. The van der Waals surface area contributed by atoms with E-state index in [-0.39, 0.29) is 5.56 Å². The van der Waals surface area contributed by atoms with Crippen LogP contribution in [0.5, 0.6) is 0 Å². The largest absolute Gasteiger partial charge is 0.393 e. The number of aromatic nitrogens is 2. The first-order chi connectivity index (χ1) is 13.4. The minimum absolute atomic E-state index is 0.275. The fraction of sp³-hybridized carbons (Fsp3) is 0.619. The molecule has 1 N–H and O–H groups in total. The predicted octanol–water partition coefficient (Wildman–Crippen LogP) is 4.48. The molecular weight excluding hydrogens is 365 g/mol. The van der Waals surface area contributed by atoms with Crippen LogP contribution in [-0.2, 0) is 6.42 Å². The van der Waals surface area contributed by atoms with Gasteiger partial charge in [0.15, 0.2) is 5.82 Å². The quantitative estimate of drug-likeness (QED) is 0.814. The molecule has 0 saturated carbocycles. The number of fused-ring (bicyclic) bond motifs is 1. The Kier molecular flexibility index (Phi) is 5.21. The van der Waals surface area contributed by atoms with E-state index in [0.717, 1.165) is 68.3 Å². The fourth-order valence-corrected chi connectivity index (χ4v) is 4.93. The molecule has 1 aromatic heterocycles. The van der Waals surface area contributed by atoms with Crippen molar-refractivity contribution in [2.45, 2.75) is 57.7 Å². The van der Waals surface area contributed by atoms with Crippen LogP contribution in [0.15, 0.2) is 24.4 Å². The molecule has 4 nitrogen and oxygen atoms in total. The zero-order chi connectivity index (χ0) is 19.8. The summed E-state index contributed by atoms with van der Waals surface area (Å²) in [5, 5.41) is 13.6. The van der Waals surface area contributed by atoms with Gasteiger partial charge in [-0.2, -0.15) is 18.3 Å². The van der Waals surface area contributed by atoms with Gasteiger partial charge < -0.3 is 10.2 Å². The average Bonchev–Trinajstić information content (AvgIpc) is 2.66. The van der Waals surface area contributed by atoms with E-state index >= 15 is 0 Å². The topological polar surface area (TPSA) is 41.1 Å². The van der Waals surface area contributed by atoms with Crippen LogP contribution in [0.1, 0.15) is 44.6 Å². The van der Waals surface area contributed by atoms with Crippen molar-refractivity contribution in [2.75, 3.05) is 24.5 Å². The first-order valence-corrected chi connectivity index (χ1v) is 10.2. The molecule has 1 aromatic carbocycles. The van der Waals surface area contributed by atoms with Crippen LogP contribution in [0, 0.1) is 5.41 Å². The molecule has 2 aliphatic rings. The number of piperidine rings is 1. The standard InChI is InChI=1S/C21H27F3N4/c1-2-3-4-18-20(7-9-25-10-8-20)14-28(18)19-17-11-15(12-21(22,23)24)5-6-16(17)13-26-27-19/h5-6,11,13,18,25H,2-4,7-10,12,14H2,1H3. The Morgan fingerprint density at radius 1 is 1.25 bits per heavy atom. The van der Waals surface area contributed by atoms with Gasteiger partial charge in [0.2, 0.25) is 0 Å². The van der Waals surface area contributed by atoms with Crippen LogP contribution in [0.4, 0.5) is 19.0 Å². The molecule has 2 fully saturated rings. The maximum Gasteiger partial charge on any atom is 0.393 e. The second-order valence-corrected chi connectivity index (χ2v) is 8.28. The van der Waals surface area contributed by atoms with Crippen LogP contribution in [-0.4, -0.2) is 42.0 Å². The van der Waals surface area contributed by atoms with Crippen molar-refractivity contribution in [1.29, 1.82) is 0 Å². The number of nitrogens with one attached hydrogen (secondary N) is 1. The summed E-state index contributed by atoms with van der Waals surface area (Å²) in [5.41, 5.74) is 0.574. The molecule has 2 aliphatic heterocycles. The van der Waals surface area contributed by atoms with Crippen molar-refractivity contribution >= 4 is 16.6 Å². The highest BCUT2D eigenvalue weighted by Crippen LogP contribution is 2.49. The number of rotatable bonds is 5. The molecule has 1 unspecified atom stereocenters. The Bertz CT molecular complexity index is 830. The molecule has 1 spiro atoms. The maximum atomic E-state index is 12.9. The van der Waals surface area contributed by atoms with Gasteiger partial charge in [-0.1, -0.05) is 31.9 Å². The first-order valence-electron chi connectivity index (χ1n) is 10.2. The Hall–Kier alpha value is -1.89.